The second kappa shape index (κ2) is 11.7. The average molecular weight is 305 g/mol. The van der Waals surface area contributed by atoms with Gasteiger partial charge in [-0.3, -0.25) is 0 Å². The van der Waals surface area contributed by atoms with E-state index in [2.05, 4.69) is 38.1 Å². The molecule has 0 heterocycles. The monoisotopic (exact) mass is 304 g/mol. The zero-order valence-electron chi connectivity index (χ0n) is 14.7. The van der Waals surface area contributed by atoms with Gasteiger partial charge >= 0.3 is 0 Å². The number of benzene rings is 1. The number of hydrogen-bond donors (Lipinski definition) is 2. The normalized spacial score (nSPS) is 12.8. The third-order valence-corrected chi connectivity index (χ3v) is 4.41. The van der Waals surface area contributed by atoms with E-state index in [0.717, 1.165) is 11.5 Å². The van der Waals surface area contributed by atoms with Crippen molar-refractivity contribution in [3.8, 4) is 0 Å². The summed E-state index contributed by atoms with van der Waals surface area (Å²) in [6.45, 7) is 5.14. The molecule has 0 fully saturated rings. The fourth-order valence-corrected chi connectivity index (χ4v) is 2.83. The van der Waals surface area contributed by atoms with E-state index in [1.165, 1.54) is 63.4 Å². The van der Waals surface area contributed by atoms with Crippen molar-refractivity contribution in [3.05, 3.63) is 35.4 Å². The smallest absolute Gasteiger partial charge is 0.0419 e. The predicted octanol–water partition coefficient (Wildman–Crippen LogP) is 4.96. The molecule has 0 aliphatic rings. The van der Waals surface area contributed by atoms with Gasteiger partial charge in [0.25, 0.3) is 0 Å². The maximum absolute atomic E-state index is 5.93. The molecule has 0 aliphatic heterocycles. The highest BCUT2D eigenvalue weighted by molar-refractivity contribution is 5.25. The van der Waals surface area contributed by atoms with Crippen molar-refractivity contribution < 1.29 is 0 Å². The van der Waals surface area contributed by atoms with Crippen molar-refractivity contribution in [3.63, 3.8) is 0 Å². The first-order valence-corrected chi connectivity index (χ1v) is 9.18. The second-order valence-electron chi connectivity index (χ2n) is 6.99. The van der Waals surface area contributed by atoms with Crippen LogP contribution in [0.15, 0.2) is 24.3 Å². The summed E-state index contributed by atoms with van der Waals surface area (Å²) >= 11 is 0. The van der Waals surface area contributed by atoms with Crippen LogP contribution in [-0.4, -0.2) is 6.54 Å². The van der Waals surface area contributed by atoms with Crippen molar-refractivity contribution in [1.82, 2.24) is 0 Å². The van der Waals surface area contributed by atoms with Crippen LogP contribution < -0.4 is 11.5 Å². The second-order valence-corrected chi connectivity index (χ2v) is 6.99. The molecule has 0 bridgehead atoms. The maximum atomic E-state index is 5.93. The summed E-state index contributed by atoms with van der Waals surface area (Å²) in [5.41, 5.74) is 14.1. The third-order valence-electron chi connectivity index (χ3n) is 4.41. The largest absolute Gasteiger partial charge is 0.329 e. The van der Waals surface area contributed by atoms with Crippen LogP contribution in [0.4, 0.5) is 0 Å². The Labute approximate surface area is 137 Å². The van der Waals surface area contributed by atoms with Crippen LogP contribution in [0.3, 0.4) is 0 Å². The molecule has 1 unspecified atom stereocenters. The fraction of sp³-hybridized carbons (Fsp3) is 0.700. The molecule has 2 heteroatoms. The van der Waals surface area contributed by atoms with Gasteiger partial charge in [-0.1, -0.05) is 83.1 Å². The van der Waals surface area contributed by atoms with E-state index < -0.39 is 0 Å². The summed E-state index contributed by atoms with van der Waals surface area (Å²) in [6, 6.07) is 8.64. The highest BCUT2D eigenvalue weighted by Crippen LogP contribution is 2.15. The van der Waals surface area contributed by atoms with E-state index in [-0.39, 0.29) is 6.04 Å². The van der Waals surface area contributed by atoms with Crippen molar-refractivity contribution in [1.29, 1.82) is 0 Å². The predicted molar refractivity (Wildman–Crippen MR) is 97.9 cm³/mol. The first-order chi connectivity index (χ1) is 10.6. The summed E-state index contributed by atoms with van der Waals surface area (Å²) in [5.74, 6) is 0.866. The lowest BCUT2D eigenvalue weighted by Gasteiger charge is -2.10. The molecule has 2 nitrogen and oxygen atoms in total. The average Bonchev–Trinajstić information content (AvgIpc) is 2.53. The maximum Gasteiger partial charge on any atom is 0.0419 e. The van der Waals surface area contributed by atoms with Gasteiger partial charge in [-0.2, -0.15) is 0 Å². The summed E-state index contributed by atoms with van der Waals surface area (Å²) in [7, 11) is 0. The van der Waals surface area contributed by atoms with Crippen LogP contribution in [0.5, 0.6) is 0 Å². The van der Waals surface area contributed by atoms with E-state index in [1.54, 1.807) is 0 Å². The lowest BCUT2D eigenvalue weighted by Crippen LogP contribution is -2.20. The lowest BCUT2D eigenvalue weighted by atomic mass is 10.0. The van der Waals surface area contributed by atoms with Crippen molar-refractivity contribution in [2.24, 2.45) is 17.4 Å². The molecule has 1 atom stereocenters. The Morgan fingerprint density at radius 1 is 0.818 bits per heavy atom. The summed E-state index contributed by atoms with van der Waals surface area (Å²) < 4.78 is 0. The van der Waals surface area contributed by atoms with Crippen molar-refractivity contribution in [2.45, 2.75) is 77.7 Å². The zero-order chi connectivity index (χ0) is 16.2. The highest BCUT2D eigenvalue weighted by Gasteiger charge is 2.02. The number of unbranched alkanes of at least 4 members (excludes halogenated alkanes) is 6. The molecule has 22 heavy (non-hydrogen) atoms. The molecular weight excluding hydrogens is 268 g/mol. The van der Waals surface area contributed by atoms with E-state index in [9.17, 15) is 0 Å². The summed E-state index contributed by atoms with van der Waals surface area (Å²) in [4.78, 5) is 0. The first-order valence-electron chi connectivity index (χ1n) is 9.18. The molecule has 0 spiro atoms. The van der Waals surface area contributed by atoms with Crippen LogP contribution in [0.2, 0.25) is 0 Å². The Bertz CT molecular complexity index is 370. The first kappa shape index (κ1) is 19.2. The number of aryl methyl sites for hydroxylation is 1. The van der Waals surface area contributed by atoms with Gasteiger partial charge < -0.3 is 11.5 Å². The molecule has 4 N–H and O–H groups in total. The minimum absolute atomic E-state index is 0.0234. The zero-order valence-corrected chi connectivity index (χ0v) is 14.7. The van der Waals surface area contributed by atoms with Gasteiger partial charge in [-0.15, -0.1) is 0 Å². The van der Waals surface area contributed by atoms with Crippen LogP contribution in [0.25, 0.3) is 0 Å². The Hall–Kier alpha value is -0.860. The minimum Gasteiger partial charge on any atom is -0.329 e. The highest BCUT2D eigenvalue weighted by atomic mass is 14.7. The lowest BCUT2D eigenvalue weighted by molar-refractivity contribution is 0.509. The van der Waals surface area contributed by atoms with E-state index in [4.69, 9.17) is 11.5 Å². The van der Waals surface area contributed by atoms with Gasteiger partial charge in [0, 0.05) is 12.6 Å². The van der Waals surface area contributed by atoms with Crippen molar-refractivity contribution in [2.75, 3.05) is 6.54 Å². The molecule has 0 saturated carbocycles. The van der Waals surface area contributed by atoms with Crippen LogP contribution >= 0.6 is 0 Å². The molecule has 1 rings (SSSR count). The van der Waals surface area contributed by atoms with E-state index in [0.29, 0.717) is 6.54 Å². The van der Waals surface area contributed by atoms with Crippen LogP contribution in [-0.2, 0) is 6.42 Å². The number of rotatable bonds is 12. The number of nitrogens with two attached hydrogens (primary N) is 2. The Morgan fingerprint density at radius 3 is 1.91 bits per heavy atom. The van der Waals surface area contributed by atoms with E-state index in [1.807, 2.05) is 0 Å². The van der Waals surface area contributed by atoms with Crippen LogP contribution in [0.1, 0.15) is 82.4 Å². The van der Waals surface area contributed by atoms with Crippen molar-refractivity contribution >= 4 is 0 Å². The SMILES string of the molecule is CC(C)CCCCCCCCCc1ccc(C(N)CN)cc1. The van der Waals surface area contributed by atoms with Gasteiger partial charge in [0.2, 0.25) is 0 Å². The Morgan fingerprint density at radius 2 is 1.36 bits per heavy atom. The molecule has 0 amide bonds. The third kappa shape index (κ3) is 8.55. The molecule has 1 aromatic carbocycles. The molecule has 0 aliphatic carbocycles. The molecule has 1 aromatic rings. The van der Waals surface area contributed by atoms with E-state index >= 15 is 0 Å². The van der Waals surface area contributed by atoms with Gasteiger partial charge in [0.15, 0.2) is 0 Å². The molecule has 0 saturated heterocycles. The molecular formula is C20H36N2. The van der Waals surface area contributed by atoms with Gasteiger partial charge in [0.1, 0.15) is 0 Å². The topological polar surface area (TPSA) is 52.0 Å². The Balaban J connectivity index is 2.03. The molecule has 126 valence electrons. The molecule has 0 aromatic heterocycles. The van der Waals surface area contributed by atoms with Gasteiger partial charge in [-0.05, 0) is 29.9 Å². The summed E-state index contributed by atoms with van der Waals surface area (Å²) in [5, 5.41) is 0. The van der Waals surface area contributed by atoms with Crippen LogP contribution in [0, 0.1) is 5.92 Å². The Kier molecular flexibility index (Phi) is 10.2. The quantitative estimate of drug-likeness (QED) is 0.536. The standard InChI is InChI=1S/C20H36N2/c1-17(2)10-8-6-4-3-5-7-9-11-18-12-14-19(15-13-18)20(22)16-21/h12-15,17,20H,3-11,16,21-22H2,1-2H3. The minimum atomic E-state index is -0.0234. The molecule has 0 radical (unpaired) electrons. The summed E-state index contributed by atoms with van der Waals surface area (Å²) in [6.07, 6.45) is 12.3. The number of hydrogen-bond acceptors (Lipinski definition) is 2. The van der Waals surface area contributed by atoms with Gasteiger partial charge in [0.05, 0.1) is 0 Å². The van der Waals surface area contributed by atoms with Gasteiger partial charge in [-0.25, -0.2) is 0 Å². The fourth-order valence-electron chi connectivity index (χ4n) is 2.83.